The van der Waals surface area contributed by atoms with Crippen molar-refractivity contribution in [2.45, 2.75) is 38.5 Å². The number of aliphatic carboxylic acids is 2. The number of hydrogen-bond acceptors (Lipinski definition) is 6. The number of carboxylic acids is 2. The summed E-state index contributed by atoms with van der Waals surface area (Å²) in [6.07, 6.45) is 3.11. The molecule has 2 aromatic rings. The Morgan fingerprint density at radius 3 is 1.38 bits per heavy atom. The average molecular weight is 466 g/mol. The van der Waals surface area contributed by atoms with Gasteiger partial charge in [-0.2, -0.15) is 0 Å². The smallest absolute Gasteiger partial charge is 0.311 e. The van der Waals surface area contributed by atoms with E-state index in [0.717, 1.165) is 11.1 Å². The lowest BCUT2D eigenvalue weighted by atomic mass is 9.97. The Bertz CT molecular complexity index is 1010. The van der Waals surface area contributed by atoms with Crippen molar-refractivity contribution in [1.82, 2.24) is 0 Å². The first kappa shape index (κ1) is 26.1. The molecule has 8 heteroatoms. The molecule has 0 amide bonds. The van der Waals surface area contributed by atoms with Crippen LogP contribution in [0.5, 0.6) is 11.5 Å². The Labute approximate surface area is 197 Å². The summed E-state index contributed by atoms with van der Waals surface area (Å²) in [4.78, 5) is 46.1. The summed E-state index contributed by atoms with van der Waals surface area (Å²) in [5, 5.41) is 17.7. The van der Waals surface area contributed by atoms with Crippen molar-refractivity contribution in [2.24, 2.45) is 0 Å². The number of rotatable bonds is 13. The van der Waals surface area contributed by atoms with Crippen LogP contribution in [-0.4, -0.2) is 34.1 Å². The molecule has 0 aromatic heterocycles. The summed E-state index contributed by atoms with van der Waals surface area (Å²) in [6, 6.07) is 10.2. The maximum atomic E-state index is 12.2. The molecule has 0 radical (unpaired) electrons. The highest BCUT2D eigenvalue weighted by Crippen LogP contribution is 2.38. The van der Waals surface area contributed by atoms with E-state index in [2.05, 4.69) is 13.2 Å². The molecule has 0 spiro atoms. The van der Waals surface area contributed by atoms with Gasteiger partial charge in [-0.3, -0.25) is 19.2 Å². The quantitative estimate of drug-likeness (QED) is 0.253. The average Bonchev–Trinajstić information content (AvgIpc) is 2.78. The van der Waals surface area contributed by atoms with E-state index in [0.29, 0.717) is 24.0 Å². The Hall–Kier alpha value is -4.20. The standard InChI is InChI=1S/C26H26O8/c1-3-5-17-7-9-21(33-25(31)13-11-23(27)28)19(15-17)20-16-18(6-4-2)8-10-22(20)34-26(32)14-12-24(29)30/h3-4,7-10,15-16H,1-2,5-6,11-14H2,(H,27,28)(H,29,30). The number of ether oxygens (including phenoxy) is 2. The molecule has 0 fully saturated rings. The molecule has 0 aliphatic heterocycles. The normalized spacial score (nSPS) is 10.2. The second-order valence-corrected chi connectivity index (χ2v) is 7.38. The van der Waals surface area contributed by atoms with Crippen molar-refractivity contribution in [3.8, 4) is 22.6 Å². The summed E-state index contributed by atoms with van der Waals surface area (Å²) in [6.45, 7) is 7.46. The van der Waals surface area contributed by atoms with Crippen LogP contribution in [0.2, 0.25) is 0 Å². The first-order valence-electron chi connectivity index (χ1n) is 10.6. The number of benzene rings is 2. The number of carboxylic acid groups (broad SMARTS) is 2. The van der Waals surface area contributed by atoms with Crippen molar-refractivity contribution in [3.05, 3.63) is 72.8 Å². The SMILES string of the molecule is C=CCc1ccc(OC(=O)CCC(=O)O)c(-c2cc(CC=C)ccc2OC(=O)CCC(=O)O)c1. The molecule has 34 heavy (non-hydrogen) atoms. The van der Waals surface area contributed by atoms with Crippen LogP contribution in [0.1, 0.15) is 36.8 Å². The van der Waals surface area contributed by atoms with Gasteiger partial charge >= 0.3 is 23.9 Å². The van der Waals surface area contributed by atoms with Crippen LogP contribution in [-0.2, 0) is 32.0 Å². The highest BCUT2D eigenvalue weighted by molar-refractivity contribution is 5.85. The molecule has 8 nitrogen and oxygen atoms in total. The van der Waals surface area contributed by atoms with E-state index in [9.17, 15) is 19.2 Å². The van der Waals surface area contributed by atoms with Gasteiger partial charge in [0.25, 0.3) is 0 Å². The Balaban J connectivity index is 2.53. The molecule has 0 unspecified atom stereocenters. The molecule has 0 saturated carbocycles. The van der Waals surface area contributed by atoms with Gasteiger partial charge in [0.1, 0.15) is 11.5 Å². The minimum absolute atomic E-state index is 0.168. The van der Waals surface area contributed by atoms with Gasteiger partial charge in [-0.15, -0.1) is 13.2 Å². The summed E-state index contributed by atoms with van der Waals surface area (Å²) < 4.78 is 10.9. The molecule has 2 N–H and O–H groups in total. The first-order valence-corrected chi connectivity index (χ1v) is 10.6. The fraction of sp³-hybridized carbons (Fsp3) is 0.231. The Kier molecular flexibility index (Phi) is 9.76. The highest BCUT2D eigenvalue weighted by atomic mass is 16.5. The fourth-order valence-electron chi connectivity index (χ4n) is 3.11. The monoisotopic (exact) mass is 466 g/mol. The third kappa shape index (κ3) is 8.05. The van der Waals surface area contributed by atoms with Gasteiger partial charge in [0, 0.05) is 11.1 Å². The van der Waals surface area contributed by atoms with Gasteiger partial charge < -0.3 is 19.7 Å². The summed E-state index contributed by atoms with van der Waals surface area (Å²) in [7, 11) is 0. The van der Waals surface area contributed by atoms with Crippen LogP contribution in [0, 0.1) is 0 Å². The van der Waals surface area contributed by atoms with Crippen LogP contribution in [0.25, 0.3) is 11.1 Å². The fourth-order valence-corrected chi connectivity index (χ4v) is 3.11. The van der Waals surface area contributed by atoms with E-state index in [-0.39, 0.29) is 37.2 Å². The molecule has 0 aliphatic rings. The second kappa shape index (κ2) is 12.7. The minimum Gasteiger partial charge on any atom is -0.481 e. The van der Waals surface area contributed by atoms with Crippen molar-refractivity contribution in [3.63, 3.8) is 0 Å². The lowest BCUT2D eigenvalue weighted by Crippen LogP contribution is -2.12. The predicted molar refractivity (Wildman–Crippen MR) is 125 cm³/mol. The maximum absolute atomic E-state index is 12.2. The summed E-state index contributed by atoms with van der Waals surface area (Å²) >= 11 is 0. The zero-order valence-corrected chi connectivity index (χ0v) is 18.6. The Morgan fingerprint density at radius 1 is 0.676 bits per heavy atom. The van der Waals surface area contributed by atoms with Crippen LogP contribution in [0.15, 0.2) is 61.7 Å². The largest absolute Gasteiger partial charge is 0.481 e. The molecule has 0 saturated heterocycles. The van der Waals surface area contributed by atoms with E-state index in [4.69, 9.17) is 19.7 Å². The van der Waals surface area contributed by atoms with E-state index in [1.54, 1.807) is 48.6 Å². The lowest BCUT2D eigenvalue weighted by molar-refractivity contribution is -0.142. The summed E-state index contributed by atoms with van der Waals surface area (Å²) in [5.41, 5.74) is 2.62. The topological polar surface area (TPSA) is 127 Å². The van der Waals surface area contributed by atoms with Gasteiger partial charge in [0.2, 0.25) is 0 Å². The molecule has 0 bridgehead atoms. The van der Waals surface area contributed by atoms with Crippen LogP contribution < -0.4 is 9.47 Å². The summed E-state index contributed by atoms with van der Waals surface area (Å²) in [5.74, 6) is -3.34. The van der Waals surface area contributed by atoms with Gasteiger partial charge in [-0.25, -0.2) is 0 Å². The molecule has 178 valence electrons. The van der Waals surface area contributed by atoms with Crippen molar-refractivity contribution < 1.29 is 38.9 Å². The zero-order valence-electron chi connectivity index (χ0n) is 18.6. The van der Waals surface area contributed by atoms with Gasteiger partial charge in [-0.05, 0) is 48.2 Å². The van der Waals surface area contributed by atoms with E-state index in [1.165, 1.54) is 0 Å². The van der Waals surface area contributed by atoms with Crippen molar-refractivity contribution in [1.29, 1.82) is 0 Å². The zero-order chi connectivity index (χ0) is 25.1. The highest BCUT2D eigenvalue weighted by Gasteiger charge is 2.19. The van der Waals surface area contributed by atoms with Crippen molar-refractivity contribution >= 4 is 23.9 Å². The molecule has 2 rings (SSSR count). The van der Waals surface area contributed by atoms with Gasteiger partial charge in [0.05, 0.1) is 25.7 Å². The number of allylic oxidation sites excluding steroid dienone is 2. The number of carbonyl (C=O) groups is 4. The van der Waals surface area contributed by atoms with E-state index in [1.807, 2.05) is 0 Å². The van der Waals surface area contributed by atoms with E-state index >= 15 is 0 Å². The molecule has 2 aromatic carbocycles. The van der Waals surface area contributed by atoms with Gasteiger partial charge in [0.15, 0.2) is 0 Å². The van der Waals surface area contributed by atoms with Crippen LogP contribution in [0.4, 0.5) is 0 Å². The minimum atomic E-state index is -1.12. The third-order valence-corrected chi connectivity index (χ3v) is 4.67. The first-order chi connectivity index (χ1) is 16.2. The number of esters is 2. The number of carbonyl (C=O) groups excluding carboxylic acids is 2. The third-order valence-electron chi connectivity index (χ3n) is 4.67. The predicted octanol–water partition coefficient (Wildman–Crippen LogP) is 4.35. The maximum Gasteiger partial charge on any atom is 0.311 e. The molecule has 0 heterocycles. The lowest BCUT2D eigenvalue weighted by Gasteiger charge is -2.16. The van der Waals surface area contributed by atoms with Gasteiger partial charge in [-0.1, -0.05) is 24.3 Å². The van der Waals surface area contributed by atoms with Crippen LogP contribution >= 0.6 is 0 Å². The van der Waals surface area contributed by atoms with E-state index < -0.39 is 23.9 Å². The number of hydrogen-bond donors (Lipinski definition) is 2. The second-order valence-electron chi connectivity index (χ2n) is 7.38. The molecule has 0 aliphatic carbocycles. The molecular formula is C26H26O8. The molecule has 0 atom stereocenters. The molecular weight excluding hydrogens is 440 g/mol. The van der Waals surface area contributed by atoms with Crippen molar-refractivity contribution in [2.75, 3.05) is 0 Å². The Morgan fingerprint density at radius 2 is 1.06 bits per heavy atom. The van der Waals surface area contributed by atoms with Crippen LogP contribution in [0.3, 0.4) is 0 Å².